The van der Waals surface area contributed by atoms with E-state index >= 15 is 0 Å². The third-order valence-electron chi connectivity index (χ3n) is 8.08. The lowest BCUT2D eigenvalue weighted by Crippen LogP contribution is -2.44. The highest BCUT2D eigenvalue weighted by Crippen LogP contribution is 2.47. The topological polar surface area (TPSA) is 57.8 Å². The van der Waals surface area contributed by atoms with Gasteiger partial charge < -0.3 is 19.4 Å². The molecule has 4 heterocycles. The first-order valence-electron chi connectivity index (χ1n) is 12.2. The summed E-state index contributed by atoms with van der Waals surface area (Å²) in [5.74, 6) is 1.01. The number of hydrogen-bond donors (Lipinski definition) is 1. The number of nitrogens with one attached hydrogen (secondary N) is 1. The van der Waals surface area contributed by atoms with Gasteiger partial charge in [-0.15, -0.1) is 0 Å². The molecule has 8 heteroatoms. The Hall–Kier alpha value is -2.35. The molecule has 3 unspecified atom stereocenters. The molecule has 6 nitrogen and oxygen atoms in total. The second kappa shape index (κ2) is 7.83. The van der Waals surface area contributed by atoms with Gasteiger partial charge in [0.15, 0.2) is 11.9 Å². The number of aromatic nitrogens is 1. The average Bonchev–Trinajstić information content (AvgIpc) is 3.53. The summed E-state index contributed by atoms with van der Waals surface area (Å²) in [7, 11) is 0. The first kappa shape index (κ1) is 21.0. The SMILES string of the molecule is O=C1C2Cc3c([nH]c4ccc(Cl)cc34)C(C3=CCC4OCOC4=C3)N2C(=S)N1C1CCCCC1. The van der Waals surface area contributed by atoms with Gasteiger partial charge in [0.25, 0.3) is 5.91 Å². The first-order valence-corrected chi connectivity index (χ1v) is 13.0. The summed E-state index contributed by atoms with van der Waals surface area (Å²) < 4.78 is 11.4. The molecule has 0 bridgehead atoms. The van der Waals surface area contributed by atoms with Crippen molar-refractivity contribution >= 4 is 45.7 Å². The van der Waals surface area contributed by atoms with Crippen molar-refractivity contribution in [2.45, 2.75) is 69.2 Å². The fourth-order valence-electron chi connectivity index (χ4n) is 6.47. The molecule has 3 aliphatic heterocycles. The summed E-state index contributed by atoms with van der Waals surface area (Å²) in [6, 6.07) is 5.65. The number of ether oxygens (including phenoxy) is 2. The van der Waals surface area contributed by atoms with E-state index in [1.165, 1.54) is 6.42 Å². The number of hydrogen-bond acceptors (Lipinski definition) is 4. The van der Waals surface area contributed by atoms with E-state index in [2.05, 4.69) is 22.0 Å². The minimum Gasteiger partial charge on any atom is -0.469 e. The molecule has 1 aromatic carbocycles. The molecule has 1 saturated carbocycles. The van der Waals surface area contributed by atoms with Gasteiger partial charge >= 0.3 is 0 Å². The Morgan fingerprint density at radius 2 is 2.03 bits per heavy atom. The molecule has 1 amide bonds. The van der Waals surface area contributed by atoms with Gasteiger partial charge in [0, 0.05) is 34.1 Å². The Kier molecular flexibility index (Phi) is 4.83. The van der Waals surface area contributed by atoms with E-state index in [1.54, 1.807) is 0 Å². The van der Waals surface area contributed by atoms with Crippen LogP contribution in [-0.2, 0) is 20.7 Å². The van der Waals surface area contributed by atoms with E-state index in [1.807, 2.05) is 23.1 Å². The van der Waals surface area contributed by atoms with E-state index in [0.29, 0.717) is 16.6 Å². The van der Waals surface area contributed by atoms with Crippen LogP contribution in [0, 0.1) is 0 Å². The molecule has 7 rings (SSSR count). The third kappa shape index (κ3) is 3.03. The molecule has 1 N–H and O–H groups in total. The maximum atomic E-state index is 13.9. The standard InChI is InChI=1S/C26H26ClN3O3S/c27-15-7-8-19-17(11-15)18-12-20-25(31)29(16-4-2-1-3-5-16)26(34)30(20)24(23(18)28-19)14-6-9-21-22(10-14)33-13-32-21/h6-8,10-11,16,20-21,24,28H,1-5,9,12-13H2. The van der Waals surface area contributed by atoms with Gasteiger partial charge in [0.2, 0.25) is 0 Å². The molecule has 176 valence electrons. The Morgan fingerprint density at radius 3 is 2.88 bits per heavy atom. The molecule has 34 heavy (non-hydrogen) atoms. The number of fused-ring (bicyclic) bond motifs is 5. The first-order chi connectivity index (χ1) is 16.6. The van der Waals surface area contributed by atoms with E-state index in [-0.39, 0.29) is 36.9 Å². The number of carbonyl (C=O) groups excluding carboxylic acids is 1. The van der Waals surface area contributed by atoms with Crippen molar-refractivity contribution in [2.24, 2.45) is 0 Å². The van der Waals surface area contributed by atoms with Crippen LogP contribution >= 0.6 is 23.8 Å². The molecule has 1 aromatic heterocycles. The van der Waals surface area contributed by atoms with Crippen molar-refractivity contribution in [3.05, 3.63) is 58.0 Å². The van der Waals surface area contributed by atoms with Gasteiger partial charge in [-0.05, 0) is 66.9 Å². The second-order valence-electron chi connectivity index (χ2n) is 9.92. The number of aromatic amines is 1. The average molecular weight is 496 g/mol. The monoisotopic (exact) mass is 495 g/mol. The van der Waals surface area contributed by atoms with Gasteiger partial charge in [0.1, 0.15) is 17.9 Å². The van der Waals surface area contributed by atoms with Gasteiger partial charge in [-0.3, -0.25) is 9.69 Å². The minimum atomic E-state index is -0.303. The second-order valence-corrected chi connectivity index (χ2v) is 10.7. The summed E-state index contributed by atoms with van der Waals surface area (Å²) in [6.45, 7) is 0.289. The lowest BCUT2D eigenvalue weighted by Gasteiger charge is -2.39. The van der Waals surface area contributed by atoms with Crippen LogP contribution in [0.1, 0.15) is 55.8 Å². The summed E-state index contributed by atoms with van der Waals surface area (Å²) in [5.41, 5.74) is 4.39. The van der Waals surface area contributed by atoms with Crippen molar-refractivity contribution in [1.29, 1.82) is 0 Å². The van der Waals surface area contributed by atoms with E-state index in [4.69, 9.17) is 33.3 Å². The van der Waals surface area contributed by atoms with Crippen LogP contribution in [0.4, 0.5) is 0 Å². The quantitative estimate of drug-likeness (QED) is 0.585. The minimum absolute atomic E-state index is 0.0185. The number of amides is 1. The molecule has 2 aromatic rings. The van der Waals surface area contributed by atoms with Crippen LogP contribution in [0.3, 0.4) is 0 Å². The molecule has 3 fully saturated rings. The predicted molar refractivity (Wildman–Crippen MR) is 133 cm³/mol. The van der Waals surface area contributed by atoms with Crippen LogP contribution in [-0.4, -0.2) is 50.8 Å². The van der Waals surface area contributed by atoms with Crippen molar-refractivity contribution in [2.75, 3.05) is 6.79 Å². The third-order valence-corrected chi connectivity index (χ3v) is 8.72. The normalized spacial score (nSPS) is 29.0. The van der Waals surface area contributed by atoms with E-state index in [9.17, 15) is 4.79 Å². The van der Waals surface area contributed by atoms with Crippen molar-refractivity contribution in [3.63, 3.8) is 0 Å². The van der Waals surface area contributed by atoms with Crippen molar-refractivity contribution in [3.8, 4) is 0 Å². The number of H-pyrrole nitrogens is 1. The molecule has 3 atom stereocenters. The molecule has 2 saturated heterocycles. The van der Waals surface area contributed by atoms with Crippen molar-refractivity contribution < 1.29 is 14.3 Å². The Labute approximate surface area is 208 Å². The van der Waals surface area contributed by atoms with Gasteiger partial charge in [-0.25, -0.2) is 0 Å². The fourth-order valence-corrected chi connectivity index (χ4v) is 7.12. The Balaban J connectivity index is 1.37. The lowest BCUT2D eigenvalue weighted by atomic mass is 9.86. The Morgan fingerprint density at radius 1 is 1.18 bits per heavy atom. The van der Waals surface area contributed by atoms with Crippen LogP contribution in [0.15, 0.2) is 41.7 Å². The zero-order valence-electron chi connectivity index (χ0n) is 18.8. The number of nitrogens with zero attached hydrogens (tertiary/aromatic N) is 2. The van der Waals surface area contributed by atoms with Crippen molar-refractivity contribution in [1.82, 2.24) is 14.8 Å². The summed E-state index contributed by atoms with van der Waals surface area (Å²) in [4.78, 5) is 21.7. The maximum absolute atomic E-state index is 13.9. The predicted octanol–water partition coefficient (Wildman–Crippen LogP) is 5.14. The zero-order valence-corrected chi connectivity index (χ0v) is 20.3. The lowest BCUT2D eigenvalue weighted by molar-refractivity contribution is -0.130. The Bertz CT molecular complexity index is 1280. The number of benzene rings is 1. The highest BCUT2D eigenvalue weighted by atomic mass is 35.5. The number of halogens is 1. The molecular formula is C26H26ClN3O3S. The maximum Gasteiger partial charge on any atom is 0.252 e. The zero-order chi connectivity index (χ0) is 23.0. The van der Waals surface area contributed by atoms with E-state index < -0.39 is 0 Å². The van der Waals surface area contributed by atoms with Gasteiger partial charge in [0.05, 0.1) is 6.04 Å². The number of carbonyl (C=O) groups is 1. The largest absolute Gasteiger partial charge is 0.469 e. The molecule has 0 spiro atoms. The summed E-state index contributed by atoms with van der Waals surface area (Å²) in [6.07, 6.45) is 11.3. The van der Waals surface area contributed by atoms with Crippen LogP contribution in [0.5, 0.6) is 0 Å². The van der Waals surface area contributed by atoms with Crippen LogP contribution in [0.2, 0.25) is 5.02 Å². The highest BCUT2D eigenvalue weighted by molar-refractivity contribution is 7.80. The fraction of sp³-hybridized carbons (Fsp3) is 0.462. The highest BCUT2D eigenvalue weighted by Gasteiger charge is 2.52. The summed E-state index contributed by atoms with van der Waals surface area (Å²) in [5, 5.41) is 2.45. The molecule has 0 radical (unpaired) electrons. The van der Waals surface area contributed by atoms with Gasteiger partial charge in [-0.1, -0.05) is 36.9 Å². The molecular weight excluding hydrogens is 470 g/mol. The van der Waals surface area contributed by atoms with Crippen LogP contribution < -0.4 is 0 Å². The number of rotatable bonds is 2. The van der Waals surface area contributed by atoms with E-state index in [0.717, 1.165) is 65.6 Å². The van der Waals surface area contributed by atoms with Gasteiger partial charge in [-0.2, -0.15) is 0 Å². The summed E-state index contributed by atoms with van der Waals surface area (Å²) >= 11 is 12.4. The number of thiocarbonyl (C=S) groups is 1. The van der Waals surface area contributed by atoms with Crippen LogP contribution in [0.25, 0.3) is 10.9 Å². The molecule has 2 aliphatic carbocycles. The smallest absolute Gasteiger partial charge is 0.252 e. The molecule has 5 aliphatic rings.